The van der Waals surface area contributed by atoms with Gasteiger partial charge in [-0.25, -0.2) is 0 Å². The smallest absolute Gasteiger partial charge is 0.313 e. The zero-order chi connectivity index (χ0) is 13.0. The van der Waals surface area contributed by atoms with E-state index in [4.69, 9.17) is 0 Å². The van der Waals surface area contributed by atoms with E-state index >= 15 is 0 Å². The van der Waals surface area contributed by atoms with E-state index in [0.29, 0.717) is 5.69 Å². The van der Waals surface area contributed by atoms with Crippen LogP contribution in [0.3, 0.4) is 0 Å². The molecule has 1 aromatic rings. The van der Waals surface area contributed by atoms with E-state index < -0.39 is 11.8 Å². The number of para-hydroxylation sites is 1. The van der Waals surface area contributed by atoms with E-state index in [0.717, 1.165) is 30.2 Å². The molecule has 0 atom stereocenters. The lowest BCUT2D eigenvalue weighted by atomic mass is 10.2. The highest BCUT2D eigenvalue weighted by Crippen LogP contribution is 2.21. The molecule has 0 aromatic heterocycles. The molecule has 1 aromatic carbocycles. The van der Waals surface area contributed by atoms with E-state index in [1.54, 1.807) is 12.1 Å². The van der Waals surface area contributed by atoms with Gasteiger partial charge in [0.15, 0.2) is 0 Å². The van der Waals surface area contributed by atoms with Crippen LogP contribution in [0.15, 0.2) is 28.7 Å². The maximum atomic E-state index is 11.7. The van der Waals surface area contributed by atoms with Crippen LogP contribution in [0.4, 0.5) is 5.69 Å². The first-order valence-electron chi connectivity index (χ1n) is 6.03. The highest BCUT2D eigenvalue weighted by atomic mass is 79.9. The van der Waals surface area contributed by atoms with E-state index in [-0.39, 0.29) is 6.04 Å². The molecule has 96 valence electrons. The quantitative estimate of drug-likeness (QED) is 0.824. The lowest BCUT2D eigenvalue weighted by molar-refractivity contribution is -0.136. The molecule has 5 heteroatoms. The Bertz CT molecular complexity index is 456. The first-order valence-corrected chi connectivity index (χ1v) is 6.82. The van der Waals surface area contributed by atoms with Crippen molar-refractivity contribution in [3.8, 4) is 0 Å². The van der Waals surface area contributed by atoms with Gasteiger partial charge in [-0.05, 0) is 40.9 Å². The second kappa shape index (κ2) is 6.00. The summed E-state index contributed by atoms with van der Waals surface area (Å²) in [6.45, 7) is 0. The molecule has 18 heavy (non-hydrogen) atoms. The fourth-order valence-electron chi connectivity index (χ4n) is 2.06. The van der Waals surface area contributed by atoms with Crippen molar-refractivity contribution in [2.24, 2.45) is 0 Å². The van der Waals surface area contributed by atoms with E-state index in [9.17, 15) is 9.59 Å². The predicted octanol–water partition coefficient (Wildman–Crippen LogP) is 2.45. The Hall–Kier alpha value is -1.36. The maximum Gasteiger partial charge on any atom is 0.313 e. The lowest BCUT2D eigenvalue weighted by Gasteiger charge is -2.12. The predicted molar refractivity (Wildman–Crippen MR) is 73.2 cm³/mol. The van der Waals surface area contributed by atoms with Crippen LogP contribution in [0.25, 0.3) is 0 Å². The molecule has 1 saturated carbocycles. The number of carbonyl (C=O) groups excluding carboxylic acids is 2. The molecule has 0 radical (unpaired) electrons. The number of carbonyl (C=O) groups is 2. The second-order valence-electron chi connectivity index (χ2n) is 4.39. The number of nitrogens with one attached hydrogen (secondary N) is 2. The summed E-state index contributed by atoms with van der Waals surface area (Å²) >= 11 is 3.32. The highest BCUT2D eigenvalue weighted by Gasteiger charge is 2.21. The van der Waals surface area contributed by atoms with Crippen LogP contribution in [0.5, 0.6) is 0 Å². The highest BCUT2D eigenvalue weighted by molar-refractivity contribution is 9.10. The summed E-state index contributed by atoms with van der Waals surface area (Å²) < 4.78 is 0.756. The third-order valence-corrected chi connectivity index (χ3v) is 3.71. The van der Waals surface area contributed by atoms with Crippen molar-refractivity contribution in [1.29, 1.82) is 0 Å². The molecule has 2 rings (SSSR count). The summed E-state index contributed by atoms with van der Waals surface area (Å²) in [4.78, 5) is 23.4. The van der Waals surface area contributed by atoms with Gasteiger partial charge in [-0.15, -0.1) is 0 Å². The SMILES string of the molecule is O=C(Nc1ccccc1Br)C(=O)NC1CCCC1. The Balaban J connectivity index is 1.91. The minimum atomic E-state index is -0.617. The minimum Gasteiger partial charge on any atom is -0.345 e. The zero-order valence-electron chi connectivity index (χ0n) is 9.91. The van der Waals surface area contributed by atoms with Crippen molar-refractivity contribution in [3.05, 3.63) is 28.7 Å². The van der Waals surface area contributed by atoms with Crippen molar-refractivity contribution in [1.82, 2.24) is 5.32 Å². The normalized spacial score (nSPS) is 15.4. The first-order chi connectivity index (χ1) is 8.66. The van der Waals surface area contributed by atoms with Crippen LogP contribution in [-0.2, 0) is 9.59 Å². The summed E-state index contributed by atoms with van der Waals surface area (Å²) in [6.07, 6.45) is 4.18. The first kappa shape index (κ1) is 13.1. The third-order valence-electron chi connectivity index (χ3n) is 3.02. The van der Waals surface area contributed by atoms with E-state index in [1.807, 2.05) is 12.1 Å². The van der Waals surface area contributed by atoms with Crippen LogP contribution in [0, 0.1) is 0 Å². The van der Waals surface area contributed by atoms with Crippen molar-refractivity contribution < 1.29 is 9.59 Å². The number of amides is 2. The molecule has 0 heterocycles. The summed E-state index contributed by atoms with van der Waals surface area (Å²) in [5.41, 5.74) is 0.601. The molecule has 4 nitrogen and oxygen atoms in total. The van der Waals surface area contributed by atoms with Gasteiger partial charge in [-0.1, -0.05) is 25.0 Å². The molecule has 1 aliphatic rings. The van der Waals surface area contributed by atoms with Gasteiger partial charge in [0.05, 0.1) is 5.69 Å². The molecule has 1 fully saturated rings. The second-order valence-corrected chi connectivity index (χ2v) is 5.24. The van der Waals surface area contributed by atoms with Crippen LogP contribution in [-0.4, -0.2) is 17.9 Å². The Morgan fingerprint density at radius 1 is 1.11 bits per heavy atom. The molecule has 1 aliphatic carbocycles. The minimum absolute atomic E-state index is 0.155. The zero-order valence-corrected chi connectivity index (χ0v) is 11.5. The maximum absolute atomic E-state index is 11.7. The van der Waals surface area contributed by atoms with Gasteiger partial charge in [-0.2, -0.15) is 0 Å². The number of halogens is 1. The van der Waals surface area contributed by atoms with Gasteiger partial charge in [-0.3, -0.25) is 9.59 Å². The van der Waals surface area contributed by atoms with Crippen molar-refractivity contribution in [3.63, 3.8) is 0 Å². The van der Waals surface area contributed by atoms with E-state index in [2.05, 4.69) is 26.6 Å². The van der Waals surface area contributed by atoms with Gasteiger partial charge in [0.1, 0.15) is 0 Å². The average molecular weight is 311 g/mol. The molecule has 2 amide bonds. The summed E-state index contributed by atoms with van der Waals surface area (Å²) in [7, 11) is 0. The van der Waals surface area contributed by atoms with E-state index in [1.165, 1.54) is 0 Å². The number of anilines is 1. The molecule has 0 unspecified atom stereocenters. The molecule has 0 spiro atoms. The van der Waals surface area contributed by atoms with Crippen molar-refractivity contribution >= 4 is 33.4 Å². The molecule has 0 saturated heterocycles. The largest absolute Gasteiger partial charge is 0.345 e. The topological polar surface area (TPSA) is 58.2 Å². The van der Waals surface area contributed by atoms with Crippen LogP contribution in [0.1, 0.15) is 25.7 Å². The van der Waals surface area contributed by atoms with Crippen LogP contribution >= 0.6 is 15.9 Å². The Morgan fingerprint density at radius 3 is 2.44 bits per heavy atom. The van der Waals surface area contributed by atoms with Gasteiger partial charge >= 0.3 is 11.8 Å². The molecular formula is C13H15BrN2O2. The Labute approximate surface area is 114 Å². The lowest BCUT2D eigenvalue weighted by Crippen LogP contribution is -2.40. The Morgan fingerprint density at radius 2 is 1.78 bits per heavy atom. The monoisotopic (exact) mass is 310 g/mol. The summed E-state index contributed by atoms with van der Waals surface area (Å²) in [6, 6.07) is 7.35. The number of rotatable bonds is 2. The van der Waals surface area contributed by atoms with Crippen LogP contribution < -0.4 is 10.6 Å². The van der Waals surface area contributed by atoms with Gasteiger partial charge < -0.3 is 10.6 Å². The third kappa shape index (κ3) is 3.32. The number of hydrogen-bond donors (Lipinski definition) is 2. The molecule has 0 bridgehead atoms. The van der Waals surface area contributed by atoms with Gasteiger partial charge in [0, 0.05) is 10.5 Å². The fourth-order valence-corrected chi connectivity index (χ4v) is 2.45. The van der Waals surface area contributed by atoms with Crippen molar-refractivity contribution in [2.75, 3.05) is 5.32 Å². The van der Waals surface area contributed by atoms with Crippen molar-refractivity contribution in [2.45, 2.75) is 31.7 Å². The summed E-state index contributed by atoms with van der Waals surface area (Å²) in [5, 5.41) is 5.34. The molecular weight excluding hydrogens is 296 g/mol. The average Bonchev–Trinajstić information content (AvgIpc) is 2.84. The number of benzene rings is 1. The fraction of sp³-hybridized carbons (Fsp3) is 0.385. The summed E-state index contributed by atoms with van der Waals surface area (Å²) in [5.74, 6) is -1.17. The molecule has 2 N–H and O–H groups in total. The van der Waals surface area contributed by atoms with Crippen LogP contribution in [0.2, 0.25) is 0 Å². The van der Waals surface area contributed by atoms with Gasteiger partial charge in [0.25, 0.3) is 0 Å². The number of hydrogen-bond acceptors (Lipinski definition) is 2. The standard InChI is InChI=1S/C13H15BrN2O2/c14-10-7-3-4-8-11(10)16-13(18)12(17)15-9-5-1-2-6-9/h3-4,7-9H,1-2,5-6H2,(H,15,17)(H,16,18). The van der Waals surface area contributed by atoms with Gasteiger partial charge in [0.2, 0.25) is 0 Å². The molecule has 0 aliphatic heterocycles. The Kier molecular flexibility index (Phi) is 4.36.